The lowest BCUT2D eigenvalue weighted by Crippen LogP contribution is -2.29. The zero-order valence-corrected chi connectivity index (χ0v) is 16.3. The van der Waals surface area contributed by atoms with E-state index in [2.05, 4.69) is 11.6 Å². The number of fused-ring (bicyclic) bond motifs is 1. The van der Waals surface area contributed by atoms with E-state index in [1.54, 1.807) is 18.5 Å². The van der Waals surface area contributed by atoms with Crippen molar-refractivity contribution in [2.24, 2.45) is 0 Å². The van der Waals surface area contributed by atoms with E-state index in [0.29, 0.717) is 17.1 Å². The maximum atomic E-state index is 13.3. The van der Waals surface area contributed by atoms with Crippen molar-refractivity contribution in [3.8, 4) is 0 Å². The highest BCUT2D eigenvalue weighted by molar-refractivity contribution is 6.30. The molecule has 2 nitrogen and oxygen atoms in total. The van der Waals surface area contributed by atoms with Crippen LogP contribution in [0.15, 0.2) is 67.5 Å². The van der Waals surface area contributed by atoms with Crippen LogP contribution in [0.3, 0.4) is 0 Å². The molecule has 0 atom stereocenters. The predicted molar refractivity (Wildman–Crippen MR) is 110 cm³/mol. The molecule has 4 rings (SSSR count). The normalized spacial score (nSPS) is 14.1. The van der Waals surface area contributed by atoms with Crippen LogP contribution in [0.5, 0.6) is 0 Å². The van der Waals surface area contributed by atoms with Crippen molar-refractivity contribution in [3.05, 3.63) is 100 Å². The van der Waals surface area contributed by atoms with Gasteiger partial charge in [0.25, 0.3) is 0 Å². The first-order chi connectivity index (χ1) is 13.8. The van der Waals surface area contributed by atoms with Gasteiger partial charge in [-0.3, -0.25) is 4.98 Å². The summed E-state index contributed by atoms with van der Waals surface area (Å²) in [4.78, 5) is 6.31. The summed E-state index contributed by atoms with van der Waals surface area (Å²) in [6.45, 7) is 4.91. The number of hydrogen-bond donors (Lipinski definition) is 0. The van der Waals surface area contributed by atoms with Gasteiger partial charge in [0.1, 0.15) is 0 Å². The van der Waals surface area contributed by atoms with Gasteiger partial charge in [0.15, 0.2) is 0 Å². The molecule has 6 heteroatoms. The molecule has 0 saturated carbocycles. The van der Waals surface area contributed by atoms with Crippen LogP contribution >= 0.6 is 11.6 Å². The first-order valence-electron chi connectivity index (χ1n) is 9.17. The molecular weight excluding hydrogens is 397 g/mol. The molecule has 1 aromatic heterocycles. The fraction of sp³-hybridized carbons (Fsp3) is 0.174. The summed E-state index contributed by atoms with van der Waals surface area (Å²) in [5.41, 5.74) is 4.15. The molecule has 0 spiro atoms. The molecule has 0 saturated heterocycles. The van der Waals surface area contributed by atoms with Gasteiger partial charge in [-0.1, -0.05) is 42.4 Å². The van der Waals surface area contributed by atoms with Gasteiger partial charge in [-0.25, -0.2) is 0 Å². The molecule has 0 radical (unpaired) electrons. The van der Waals surface area contributed by atoms with Gasteiger partial charge in [0.2, 0.25) is 0 Å². The van der Waals surface area contributed by atoms with Crippen LogP contribution in [0, 0.1) is 0 Å². The summed E-state index contributed by atoms with van der Waals surface area (Å²) >= 11 is 6.09. The van der Waals surface area contributed by atoms with Gasteiger partial charge < -0.3 is 4.90 Å². The minimum atomic E-state index is -4.38. The fourth-order valence-corrected chi connectivity index (χ4v) is 3.93. The number of aromatic nitrogens is 1. The number of anilines is 1. The Morgan fingerprint density at radius 2 is 1.86 bits per heavy atom. The molecule has 0 aliphatic carbocycles. The van der Waals surface area contributed by atoms with Crippen molar-refractivity contribution in [2.75, 3.05) is 11.4 Å². The molecule has 0 amide bonds. The largest absolute Gasteiger partial charge is 0.416 e. The Bertz CT molecular complexity index is 1080. The summed E-state index contributed by atoms with van der Waals surface area (Å²) in [5, 5.41) is 0.692. The lowest BCUT2D eigenvalue weighted by Gasteiger charge is -2.32. The van der Waals surface area contributed by atoms with E-state index in [-0.39, 0.29) is 12.0 Å². The molecule has 2 heterocycles. The van der Waals surface area contributed by atoms with Crippen LogP contribution in [-0.2, 0) is 19.0 Å². The van der Waals surface area contributed by atoms with E-state index in [4.69, 9.17) is 11.6 Å². The van der Waals surface area contributed by atoms with Crippen molar-refractivity contribution >= 4 is 23.0 Å². The first-order valence-corrected chi connectivity index (χ1v) is 9.55. The van der Waals surface area contributed by atoms with Gasteiger partial charge in [-0.2, -0.15) is 13.2 Å². The summed E-state index contributed by atoms with van der Waals surface area (Å²) in [5.74, 6) is 0. The number of pyridine rings is 1. The highest BCUT2D eigenvalue weighted by Gasteiger charge is 2.32. The fourth-order valence-electron chi connectivity index (χ4n) is 3.74. The van der Waals surface area contributed by atoms with Gasteiger partial charge in [-0.05, 0) is 53.8 Å². The van der Waals surface area contributed by atoms with Crippen LogP contribution in [0.2, 0.25) is 5.02 Å². The summed E-state index contributed by atoms with van der Waals surface area (Å²) in [7, 11) is 0. The van der Waals surface area contributed by atoms with Crippen LogP contribution < -0.4 is 4.90 Å². The Morgan fingerprint density at radius 3 is 2.66 bits per heavy atom. The second-order valence-electron chi connectivity index (χ2n) is 7.03. The molecule has 29 heavy (non-hydrogen) atoms. The minimum absolute atomic E-state index is 0.156. The molecule has 0 bridgehead atoms. The van der Waals surface area contributed by atoms with Crippen molar-refractivity contribution < 1.29 is 13.2 Å². The third kappa shape index (κ3) is 4.01. The number of rotatable bonds is 3. The lowest BCUT2D eigenvalue weighted by molar-refractivity contribution is -0.138. The monoisotopic (exact) mass is 414 g/mol. The van der Waals surface area contributed by atoms with Gasteiger partial charge in [0, 0.05) is 29.0 Å². The minimum Gasteiger partial charge on any atom is -0.340 e. The van der Waals surface area contributed by atoms with Gasteiger partial charge >= 0.3 is 6.18 Å². The maximum absolute atomic E-state index is 13.3. The molecule has 1 aliphatic heterocycles. The average molecular weight is 415 g/mol. The van der Waals surface area contributed by atoms with E-state index in [9.17, 15) is 13.2 Å². The van der Waals surface area contributed by atoms with E-state index in [0.717, 1.165) is 35.0 Å². The molecule has 0 N–H and O–H groups in total. The Balaban J connectivity index is 1.62. The van der Waals surface area contributed by atoms with E-state index >= 15 is 0 Å². The molecular formula is C23H18ClF3N2. The molecule has 3 aromatic rings. The van der Waals surface area contributed by atoms with Crippen molar-refractivity contribution in [2.45, 2.75) is 19.0 Å². The maximum Gasteiger partial charge on any atom is 0.416 e. The first kappa shape index (κ1) is 19.5. The quantitative estimate of drug-likeness (QED) is 0.494. The summed E-state index contributed by atoms with van der Waals surface area (Å²) in [6, 6.07) is 13.3. The zero-order chi connectivity index (χ0) is 20.6. The van der Waals surface area contributed by atoms with E-state index in [1.807, 2.05) is 29.2 Å². The molecule has 1 aliphatic rings. The van der Waals surface area contributed by atoms with Crippen molar-refractivity contribution in [1.29, 1.82) is 0 Å². The highest BCUT2D eigenvalue weighted by atomic mass is 35.5. The Kier molecular flexibility index (Phi) is 5.09. The number of nitrogens with zero attached hydrogens (tertiary/aromatic N) is 2. The topological polar surface area (TPSA) is 16.1 Å². The lowest BCUT2D eigenvalue weighted by atomic mass is 9.96. The van der Waals surface area contributed by atoms with Crippen LogP contribution in [0.4, 0.5) is 18.9 Å². The summed E-state index contributed by atoms with van der Waals surface area (Å²) in [6.07, 6.45) is -0.102. The number of alkyl halides is 3. The Morgan fingerprint density at radius 1 is 1.07 bits per heavy atom. The van der Waals surface area contributed by atoms with Gasteiger partial charge in [0.05, 0.1) is 17.4 Å². The van der Waals surface area contributed by atoms with Crippen LogP contribution in [0.1, 0.15) is 27.8 Å². The molecule has 0 fully saturated rings. The highest BCUT2D eigenvalue weighted by Crippen LogP contribution is 2.35. The van der Waals surface area contributed by atoms with Gasteiger partial charge in [-0.15, -0.1) is 0 Å². The number of halogens is 4. The average Bonchev–Trinajstić information content (AvgIpc) is 2.68. The number of hydrogen-bond acceptors (Lipinski definition) is 2. The van der Waals surface area contributed by atoms with Crippen molar-refractivity contribution in [3.63, 3.8) is 0 Å². The smallest absolute Gasteiger partial charge is 0.340 e. The van der Waals surface area contributed by atoms with E-state index in [1.165, 1.54) is 12.1 Å². The molecule has 148 valence electrons. The standard InChI is InChI=1S/C23H18ClF3N2/c1-15-21-7-6-19(24)12-17(21)8-9-29(15)20-11-16(13-28-14-20)10-18-4-2-3-5-22(18)23(25,26)27/h2-7,11-14H,1,8-10H2. The third-order valence-electron chi connectivity index (χ3n) is 5.12. The summed E-state index contributed by atoms with van der Waals surface area (Å²) < 4.78 is 39.9. The third-order valence-corrected chi connectivity index (χ3v) is 5.35. The predicted octanol–water partition coefficient (Wildman–Crippen LogP) is 6.38. The Labute approximate surface area is 172 Å². The van der Waals surface area contributed by atoms with Crippen LogP contribution in [-0.4, -0.2) is 11.5 Å². The second kappa shape index (κ2) is 7.56. The van der Waals surface area contributed by atoms with Crippen LogP contribution in [0.25, 0.3) is 5.70 Å². The molecule has 0 unspecified atom stereocenters. The van der Waals surface area contributed by atoms with E-state index < -0.39 is 11.7 Å². The SMILES string of the molecule is C=C1c2ccc(Cl)cc2CCN1c1cncc(Cc2ccccc2C(F)(F)F)c1. The van der Waals surface area contributed by atoms with Crippen molar-refractivity contribution in [1.82, 2.24) is 4.98 Å². The number of benzene rings is 2. The molecule has 2 aromatic carbocycles. The zero-order valence-electron chi connectivity index (χ0n) is 15.5. The Hall–Kier alpha value is -2.79. The second-order valence-corrected chi connectivity index (χ2v) is 7.47.